The Labute approximate surface area is 164 Å². The van der Waals surface area contributed by atoms with Crippen LogP contribution in [0.1, 0.15) is 18.9 Å². The molecule has 3 heterocycles. The molecule has 1 spiro atoms. The number of aromatic nitrogens is 1. The van der Waals surface area contributed by atoms with Gasteiger partial charge in [-0.15, -0.1) is 4.72 Å². The molecule has 9 heteroatoms. The maximum Gasteiger partial charge on any atom is 0.235 e. The summed E-state index contributed by atoms with van der Waals surface area (Å²) in [6.07, 6.45) is 3.58. The van der Waals surface area contributed by atoms with E-state index in [2.05, 4.69) is 19.9 Å². The van der Waals surface area contributed by atoms with Gasteiger partial charge in [-0.25, -0.2) is 0 Å². The van der Waals surface area contributed by atoms with Crippen LogP contribution >= 0.6 is 0 Å². The zero-order valence-corrected chi connectivity index (χ0v) is 16.3. The van der Waals surface area contributed by atoms with Crippen molar-refractivity contribution >= 4 is 22.0 Å². The molecule has 1 saturated heterocycles. The summed E-state index contributed by atoms with van der Waals surface area (Å²) in [7, 11) is -3.62. The van der Waals surface area contributed by atoms with Crippen molar-refractivity contribution in [3.05, 3.63) is 48.3 Å². The minimum absolute atomic E-state index is 0.0823. The van der Waals surface area contributed by atoms with Crippen molar-refractivity contribution in [2.75, 3.05) is 25.0 Å². The molecule has 2 unspecified atom stereocenters. The lowest BCUT2D eigenvalue weighted by atomic mass is 10.0. The molecule has 2 aromatic rings. The first kappa shape index (κ1) is 19.0. The number of nitrogens with zero attached hydrogens (tertiary/aromatic N) is 2. The lowest BCUT2D eigenvalue weighted by Crippen LogP contribution is -2.48. The van der Waals surface area contributed by atoms with E-state index in [0.717, 1.165) is 30.8 Å². The van der Waals surface area contributed by atoms with Crippen LogP contribution in [0.15, 0.2) is 47.6 Å². The molecule has 8 nitrogen and oxygen atoms in total. The Morgan fingerprint density at radius 2 is 2.18 bits per heavy atom. The minimum atomic E-state index is -3.62. The molecule has 1 fully saturated rings. The Morgan fingerprint density at radius 1 is 1.39 bits per heavy atom. The molecule has 0 aliphatic carbocycles. The highest BCUT2D eigenvalue weighted by Crippen LogP contribution is 2.36. The Hall–Kier alpha value is -2.33. The van der Waals surface area contributed by atoms with Crippen LogP contribution in [-0.4, -0.2) is 45.6 Å². The third-order valence-electron chi connectivity index (χ3n) is 5.02. The molecule has 1 amide bonds. The van der Waals surface area contributed by atoms with Gasteiger partial charge in [-0.1, -0.05) is 16.3 Å². The number of carbonyl (C=O) groups excluding carboxylic acids is 1. The monoisotopic (exact) mass is 402 g/mol. The summed E-state index contributed by atoms with van der Waals surface area (Å²) in [5, 5.41) is 2.75. The van der Waals surface area contributed by atoms with Crippen LogP contribution in [0.2, 0.25) is 0 Å². The number of benzene rings is 1. The SMILES string of the molecule is CC(=O)Nc1ccc(CN2CCC3(CN[S+](=O)([O-])c4cnccc4O3)C2)cc1. The predicted molar refractivity (Wildman–Crippen MR) is 103 cm³/mol. The zero-order chi connectivity index (χ0) is 19.8. The first-order chi connectivity index (χ1) is 13.4. The van der Waals surface area contributed by atoms with Gasteiger partial charge < -0.3 is 14.6 Å². The molecule has 2 atom stereocenters. The van der Waals surface area contributed by atoms with Gasteiger partial charge >= 0.3 is 0 Å². The fourth-order valence-corrected chi connectivity index (χ4v) is 4.85. The number of rotatable bonds is 3. The second-order valence-electron chi connectivity index (χ2n) is 7.27. The van der Waals surface area contributed by atoms with E-state index in [-0.39, 0.29) is 17.3 Å². The van der Waals surface area contributed by atoms with E-state index in [1.807, 2.05) is 24.3 Å². The molecule has 0 bridgehead atoms. The Bertz CT molecular complexity index is 936. The van der Waals surface area contributed by atoms with Crippen LogP contribution in [0.5, 0.6) is 5.75 Å². The number of anilines is 1. The number of sulfonamides is 1. The highest BCUT2D eigenvalue weighted by molar-refractivity contribution is 7.95. The van der Waals surface area contributed by atoms with Crippen molar-refractivity contribution in [1.29, 1.82) is 0 Å². The fraction of sp³-hybridized carbons (Fsp3) is 0.368. The average Bonchev–Trinajstić information content (AvgIpc) is 3.00. The standard InChI is InChI=1S/C19H22N4O4S/c1-14(24)22-16-4-2-15(3-5-16)11-23-9-7-19(13-23)12-21-28(25,26)18-10-20-8-6-17(18)27-19/h2-6,8,10H,7,9,11-13H2,1H3,(H2-,21,22,24,25,26). The molecule has 2 aliphatic heterocycles. The number of ether oxygens (including phenoxy) is 1. The molecule has 1 aromatic heterocycles. The lowest BCUT2D eigenvalue weighted by molar-refractivity contribution is -0.114. The van der Waals surface area contributed by atoms with Crippen molar-refractivity contribution in [2.45, 2.75) is 30.4 Å². The third-order valence-corrected chi connectivity index (χ3v) is 6.43. The number of pyridine rings is 1. The van der Waals surface area contributed by atoms with Crippen molar-refractivity contribution in [3.63, 3.8) is 0 Å². The van der Waals surface area contributed by atoms with E-state index < -0.39 is 16.0 Å². The fourth-order valence-electron chi connectivity index (χ4n) is 3.67. The molecule has 0 saturated carbocycles. The predicted octanol–water partition coefficient (Wildman–Crippen LogP) is 1.57. The maximum absolute atomic E-state index is 12.4. The largest absolute Gasteiger partial charge is 0.593 e. The Balaban J connectivity index is 1.46. The van der Waals surface area contributed by atoms with E-state index in [9.17, 15) is 13.6 Å². The normalized spacial score (nSPS) is 27.1. The van der Waals surface area contributed by atoms with Gasteiger partial charge in [0.05, 0.1) is 12.7 Å². The van der Waals surface area contributed by atoms with Gasteiger partial charge in [0.15, 0.2) is 16.1 Å². The summed E-state index contributed by atoms with van der Waals surface area (Å²) in [4.78, 5) is 17.4. The summed E-state index contributed by atoms with van der Waals surface area (Å²) in [5.41, 5.74) is 1.28. The number of fused-ring (bicyclic) bond motifs is 1. The third kappa shape index (κ3) is 3.93. The Kier molecular flexibility index (Phi) is 4.92. The van der Waals surface area contributed by atoms with Gasteiger partial charge in [-0.05, 0) is 17.7 Å². The molecule has 4 rings (SSSR count). The topological polar surface area (TPSA) is 107 Å². The van der Waals surface area contributed by atoms with E-state index in [4.69, 9.17) is 4.74 Å². The zero-order valence-electron chi connectivity index (χ0n) is 15.5. The smallest absolute Gasteiger partial charge is 0.235 e. The van der Waals surface area contributed by atoms with Crippen LogP contribution < -0.4 is 14.8 Å². The summed E-state index contributed by atoms with van der Waals surface area (Å²) in [6.45, 7) is 3.84. The minimum Gasteiger partial charge on any atom is -0.593 e. The summed E-state index contributed by atoms with van der Waals surface area (Å²) in [5.74, 6) is 0.249. The number of amides is 1. The number of carbonyl (C=O) groups is 1. The van der Waals surface area contributed by atoms with Gasteiger partial charge in [0.2, 0.25) is 10.8 Å². The summed E-state index contributed by atoms with van der Waals surface area (Å²) in [6, 6.07) is 9.32. The molecule has 148 valence electrons. The van der Waals surface area contributed by atoms with Crippen molar-refractivity contribution < 1.29 is 18.3 Å². The van der Waals surface area contributed by atoms with Crippen molar-refractivity contribution in [1.82, 2.24) is 14.6 Å². The van der Waals surface area contributed by atoms with Crippen LogP contribution in [0.25, 0.3) is 0 Å². The van der Waals surface area contributed by atoms with Gasteiger partial charge in [0.25, 0.3) is 0 Å². The number of nitrogens with one attached hydrogen (secondary N) is 2. The first-order valence-electron chi connectivity index (χ1n) is 9.07. The molecular weight excluding hydrogens is 380 g/mol. The highest BCUT2D eigenvalue weighted by Gasteiger charge is 2.46. The first-order valence-corrected chi connectivity index (χ1v) is 10.6. The molecule has 0 radical (unpaired) electrons. The summed E-state index contributed by atoms with van der Waals surface area (Å²) < 4.78 is 33.7. The van der Waals surface area contributed by atoms with Crippen LogP contribution in [0.3, 0.4) is 0 Å². The molecule has 1 aromatic carbocycles. The number of hydrogen-bond acceptors (Lipinski definition) is 6. The molecular formula is C19H22N4O4S. The van der Waals surface area contributed by atoms with Gasteiger partial charge in [0.1, 0.15) is 5.60 Å². The molecule has 2 aliphatic rings. The molecule has 28 heavy (non-hydrogen) atoms. The number of hydrogen-bond donors (Lipinski definition) is 2. The van der Waals surface area contributed by atoms with Gasteiger partial charge in [-0.2, -0.15) is 0 Å². The van der Waals surface area contributed by atoms with Gasteiger partial charge in [0, 0.05) is 50.9 Å². The van der Waals surface area contributed by atoms with Crippen LogP contribution in [0.4, 0.5) is 5.69 Å². The van der Waals surface area contributed by atoms with Gasteiger partial charge in [-0.3, -0.25) is 14.7 Å². The average molecular weight is 402 g/mol. The Morgan fingerprint density at radius 3 is 2.93 bits per heavy atom. The highest BCUT2D eigenvalue weighted by atomic mass is 32.3. The molecule has 2 N–H and O–H groups in total. The quantitative estimate of drug-likeness (QED) is 0.755. The van der Waals surface area contributed by atoms with Crippen LogP contribution in [-0.2, 0) is 25.9 Å². The van der Waals surface area contributed by atoms with E-state index in [1.54, 1.807) is 6.07 Å². The number of likely N-dealkylation sites (tertiary alicyclic amines) is 1. The second-order valence-corrected chi connectivity index (χ2v) is 9.01. The second kappa shape index (κ2) is 7.25. The van der Waals surface area contributed by atoms with Crippen LogP contribution in [0, 0.1) is 0 Å². The van der Waals surface area contributed by atoms with Crippen molar-refractivity contribution in [2.24, 2.45) is 0 Å². The summed E-state index contributed by atoms with van der Waals surface area (Å²) >= 11 is 0. The van der Waals surface area contributed by atoms with Crippen molar-refractivity contribution in [3.8, 4) is 5.75 Å². The van der Waals surface area contributed by atoms with E-state index in [1.165, 1.54) is 19.3 Å². The maximum atomic E-state index is 12.4. The van der Waals surface area contributed by atoms with E-state index >= 15 is 0 Å². The lowest BCUT2D eigenvalue weighted by Gasteiger charge is -2.28. The van der Waals surface area contributed by atoms with E-state index in [0.29, 0.717) is 12.3 Å².